The molecule has 74 valence electrons. The molecule has 13 heavy (non-hydrogen) atoms. The zero-order valence-corrected chi connectivity index (χ0v) is 9.73. The summed E-state index contributed by atoms with van der Waals surface area (Å²) in [5.74, 6) is 0. The van der Waals surface area contributed by atoms with Crippen LogP contribution in [0.3, 0.4) is 0 Å². The molecule has 1 atom stereocenters. The van der Waals surface area contributed by atoms with Crippen LogP contribution in [0.15, 0.2) is 3.92 Å². The predicted molar refractivity (Wildman–Crippen MR) is 57.0 cm³/mol. The summed E-state index contributed by atoms with van der Waals surface area (Å²) >= 11 is 4.63. The monoisotopic (exact) mass is 265 g/mol. The minimum atomic E-state index is -0.298. The predicted octanol–water partition coefficient (Wildman–Crippen LogP) is 1.87. The van der Waals surface area contributed by atoms with Crippen molar-refractivity contribution < 1.29 is 5.11 Å². The second-order valence-electron chi connectivity index (χ2n) is 2.68. The quantitative estimate of drug-likeness (QED) is 0.854. The van der Waals surface area contributed by atoms with Crippen molar-refractivity contribution in [2.75, 3.05) is 11.9 Å². The Bertz CT molecular complexity index is 256. The van der Waals surface area contributed by atoms with Gasteiger partial charge >= 0.3 is 0 Å². The van der Waals surface area contributed by atoms with Gasteiger partial charge in [0.2, 0.25) is 5.13 Å². The summed E-state index contributed by atoms with van der Waals surface area (Å²) in [6.45, 7) is 2.58. The molecule has 1 unspecified atom stereocenters. The largest absolute Gasteiger partial charge is 0.391 e. The van der Waals surface area contributed by atoms with E-state index in [9.17, 15) is 5.11 Å². The molecule has 0 fully saturated rings. The molecule has 0 aliphatic carbocycles. The van der Waals surface area contributed by atoms with E-state index in [0.29, 0.717) is 6.54 Å². The summed E-state index contributed by atoms with van der Waals surface area (Å²) in [5.41, 5.74) is 0. The van der Waals surface area contributed by atoms with Gasteiger partial charge < -0.3 is 10.4 Å². The second-order valence-corrected chi connectivity index (χ2v) is 4.94. The van der Waals surface area contributed by atoms with Crippen molar-refractivity contribution in [1.82, 2.24) is 10.2 Å². The summed E-state index contributed by atoms with van der Waals surface area (Å²) in [7, 11) is 0. The molecule has 0 radical (unpaired) electrons. The fraction of sp³-hybridized carbons (Fsp3) is 0.714. The Morgan fingerprint density at radius 3 is 2.92 bits per heavy atom. The Kier molecular flexibility index (Phi) is 4.61. The van der Waals surface area contributed by atoms with E-state index in [1.807, 2.05) is 6.92 Å². The lowest BCUT2D eigenvalue weighted by molar-refractivity contribution is 0.176. The number of hydrogen-bond donors (Lipinski definition) is 2. The first kappa shape index (κ1) is 10.9. The molecular formula is C7H12BrN3OS. The standard InChI is InChI=1S/C7H12BrN3OS/c1-2-3-5(12)4-9-7-11-10-6(8)13-7/h5,12H,2-4H2,1H3,(H,9,11). The molecule has 6 heteroatoms. The lowest BCUT2D eigenvalue weighted by Crippen LogP contribution is -2.18. The topological polar surface area (TPSA) is 58.0 Å². The van der Waals surface area contributed by atoms with Crippen LogP contribution in [0, 0.1) is 0 Å². The zero-order valence-electron chi connectivity index (χ0n) is 7.33. The van der Waals surface area contributed by atoms with Gasteiger partial charge in [-0.2, -0.15) is 0 Å². The van der Waals surface area contributed by atoms with Gasteiger partial charge in [-0.15, -0.1) is 10.2 Å². The smallest absolute Gasteiger partial charge is 0.206 e. The van der Waals surface area contributed by atoms with Crippen LogP contribution in [0.5, 0.6) is 0 Å². The van der Waals surface area contributed by atoms with Gasteiger partial charge in [-0.1, -0.05) is 24.7 Å². The van der Waals surface area contributed by atoms with Crippen LogP contribution in [-0.2, 0) is 0 Å². The Morgan fingerprint density at radius 1 is 1.62 bits per heavy atom. The van der Waals surface area contributed by atoms with Gasteiger partial charge in [0.25, 0.3) is 0 Å². The van der Waals surface area contributed by atoms with Crippen LogP contribution < -0.4 is 5.32 Å². The normalized spacial score (nSPS) is 12.8. The van der Waals surface area contributed by atoms with Gasteiger partial charge in [0.1, 0.15) is 0 Å². The highest BCUT2D eigenvalue weighted by molar-refractivity contribution is 9.11. The lowest BCUT2D eigenvalue weighted by atomic mass is 10.2. The average molecular weight is 266 g/mol. The van der Waals surface area contributed by atoms with Gasteiger partial charge in [0, 0.05) is 6.54 Å². The number of anilines is 1. The first-order chi connectivity index (χ1) is 6.22. The molecule has 0 saturated carbocycles. The third-order valence-electron chi connectivity index (χ3n) is 1.51. The lowest BCUT2D eigenvalue weighted by Gasteiger charge is -2.08. The fourth-order valence-corrected chi connectivity index (χ4v) is 1.93. The SMILES string of the molecule is CCCC(O)CNc1nnc(Br)s1. The number of rotatable bonds is 5. The molecule has 0 bridgehead atoms. The molecule has 0 spiro atoms. The summed E-state index contributed by atoms with van der Waals surface area (Å²) in [6.07, 6.45) is 1.50. The molecular weight excluding hydrogens is 254 g/mol. The molecule has 1 aromatic heterocycles. The van der Waals surface area contributed by atoms with Gasteiger partial charge in [0.05, 0.1) is 6.10 Å². The summed E-state index contributed by atoms with van der Waals surface area (Å²) in [6, 6.07) is 0. The maximum absolute atomic E-state index is 9.40. The molecule has 1 aromatic rings. The number of aliphatic hydroxyl groups excluding tert-OH is 1. The van der Waals surface area contributed by atoms with Crippen molar-refractivity contribution in [3.05, 3.63) is 3.92 Å². The number of nitrogens with one attached hydrogen (secondary N) is 1. The summed E-state index contributed by atoms with van der Waals surface area (Å²) < 4.78 is 0.750. The minimum Gasteiger partial charge on any atom is -0.391 e. The third kappa shape index (κ3) is 4.02. The van der Waals surface area contributed by atoms with Crippen LogP contribution in [0.2, 0.25) is 0 Å². The molecule has 0 saturated heterocycles. The fourth-order valence-electron chi connectivity index (χ4n) is 0.917. The molecule has 0 amide bonds. The van der Waals surface area contributed by atoms with E-state index in [1.165, 1.54) is 11.3 Å². The molecule has 1 rings (SSSR count). The first-order valence-electron chi connectivity index (χ1n) is 4.13. The van der Waals surface area contributed by atoms with Crippen LogP contribution >= 0.6 is 27.3 Å². The molecule has 0 aliphatic heterocycles. The minimum absolute atomic E-state index is 0.298. The third-order valence-corrected chi connectivity index (χ3v) is 2.82. The number of halogens is 1. The van der Waals surface area contributed by atoms with Crippen LogP contribution in [0.1, 0.15) is 19.8 Å². The summed E-state index contributed by atoms with van der Waals surface area (Å²) in [4.78, 5) is 0. The van der Waals surface area contributed by atoms with Crippen molar-refractivity contribution in [2.45, 2.75) is 25.9 Å². The van der Waals surface area contributed by atoms with E-state index in [1.54, 1.807) is 0 Å². The van der Waals surface area contributed by atoms with E-state index in [4.69, 9.17) is 0 Å². The van der Waals surface area contributed by atoms with Crippen molar-refractivity contribution in [3.8, 4) is 0 Å². The van der Waals surface area contributed by atoms with Crippen molar-refractivity contribution in [2.24, 2.45) is 0 Å². The summed E-state index contributed by atoms with van der Waals surface area (Å²) in [5, 5.41) is 20.8. The average Bonchev–Trinajstić information content (AvgIpc) is 2.49. The molecule has 0 aliphatic rings. The maximum Gasteiger partial charge on any atom is 0.206 e. The highest BCUT2D eigenvalue weighted by Crippen LogP contribution is 2.19. The molecule has 4 nitrogen and oxygen atoms in total. The van der Waals surface area contributed by atoms with Gasteiger partial charge in [-0.05, 0) is 22.4 Å². The molecule has 2 N–H and O–H groups in total. The van der Waals surface area contributed by atoms with Crippen LogP contribution in [0.4, 0.5) is 5.13 Å². The Morgan fingerprint density at radius 2 is 2.38 bits per heavy atom. The number of nitrogens with zero attached hydrogens (tertiary/aromatic N) is 2. The zero-order chi connectivity index (χ0) is 9.68. The number of hydrogen-bond acceptors (Lipinski definition) is 5. The van der Waals surface area contributed by atoms with Gasteiger partial charge in [-0.3, -0.25) is 0 Å². The van der Waals surface area contributed by atoms with E-state index in [-0.39, 0.29) is 6.10 Å². The highest BCUT2D eigenvalue weighted by atomic mass is 79.9. The molecule has 0 aromatic carbocycles. The molecule has 1 heterocycles. The second kappa shape index (κ2) is 5.51. The highest BCUT2D eigenvalue weighted by Gasteiger charge is 2.04. The van der Waals surface area contributed by atoms with Crippen molar-refractivity contribution in [1.29, 1.82) is 0 Å². The van der Waals surface area contributed by atoms with Crippen LogP contribution in [0.25, 0.3) is 0 Å². The van der Waals surface area contributed by atoms with E-state index in [0.717, 1.165) is 21.9 Å². The first-order valence-corrected chi connectivity index (χ1v) is 5.74. The maximum atomic E-state index is 9.40. The number of aromatic nitrogens is 2. The van der Waals surface area contributed by atoms with Gasteiger partial charge in [0.15, 0.2) is 3.92 Å². The van der Waals surface area contributed by atoms with Crippen LogP contribution in [-0.4, -0.2) is 28.0 Å². The Labute approximate surface area is 89.5 Å². The van der Waals surface area contributed by atoms with E-state index < -0.39 is 0 Å². The van der Waals surface area contributed by atoms with Crippen molar-refractivity contribution in [3.63, 3.8) is 0 Å². The Balaban J connectivity index is 2.26. The van der Waals surface area contributed by atoms with Crippen molar-refractivity contribution >= 4 is 32.4 Å². The Hall–Kier alpha value is -0.200. The van der Waals surface area contributed by atoms with E-state index in [2.05, 4.69) is 31.4 Å². The number of aliphatic hydroxyl groups is 1. The van der Waals surface area contributed by atoms with E-state index >= 15 is 0 Å². The van der Waals surface area contributed by atoms with Gasteiger partial charge in [-0.25, -0.2) is 0 Å².